The molecular weight excluding hydrogens is 220 g/mol. The molecule has 0 bridgehead atoms. The Morgan fingerprint density at radius 2 is 1.87 bits per heavy atom. The molecule has 0 spiro atoms. The van der Waals surface area contributed by atoms with E-state index in [-0.39, 0.29) is 22.6 Å². The average Bonchev–Trinajstić information content (AvgIpc) is 2.15. The van der Waals surface area contributed by atoms with Gasteiger partial charge in [0.1, 0.15) is 0 Å². The minimum atomic E-state index is -1.16. The van der Waals surface area contributed by atoms with Crippen molar-refractivity contribution < 1.29 is 19.8 Å². The summed E-state index contributed by atoms with van der Waals surface area (Å²) in [5.41, 5.74) is 0.617. The van der Waals surface area contributed by atoms with Gasteiger partial charge < -0.3 is 10.2 Å². The van der Waals surface area contributed by atoms with E-state index < -0.39 is 11.9 Å². The van der Waals surface area contributed by atoms with E-state index in [9.17, 15) is 9.59 Å². The fourth-order valence-electron chi connectivity index (χ4n) is 1.41. The summed E-state index contributed by atoms with van der Waals surface area (Å²) >= 11 is 5.57. The smallest absolute Gasteiger partial charge is 0.336 e. The van der Waals surface area contributed by atoms with Gasteiger partial charge in [-0.3, -0.25) is 0 Å². The van der Waals surface area contributed by atoms with E-state index in [1.807, 2.05) is 0 Å². The lowest BCUT2D eigenvalue weighted by Crippen LogP contribution is -2.09. The molecule has 0 heterocycles. The van der Waals surface area contributed by atoms with E-state index in [0.717, 1.165) is 0 Å². The largest absolute Gasteiger partial charge is 0.478 e. The van der Waals surface area contributed by atoms with Crippen LogP contribution in [0, 0.1) is 6.92 Å². The molecule has 0 unspecified atom stereocenters. The van der Waals surface area contributed by atoms with Crippen molar-refractivity contribution in [3.63, 3.8) is 0 Å². The van der Waals surface area contributed by atoms with Gasteiger partial charge in [0, 0.05) is 5.88 Å². The van der Waals surface area contributed by atoms with E-state index in [1.165, 1.54) is 19.1 Å². The van der Waals surface area contributed by atoms with Crippen LogP contribution in [0.3, 0.4) is 0 Å². The van der Waals surface area contributed by atoms with Crippen LogP contribution in [0.5, 0.6) is 0 Å². The topological polar surface area (TPSA) is 74.6 Å². The van der Waals surface area contributed by atoms with Crippen molar-refractivity contribution in [1.82, 2.24) is 0 Å². The standard InChI is InChI=1S/C10H9ClO4/c1-5-7(9(12)13)3-2-6(4-11)8(5)10(14)15/h2-3H,4H2,1H3,(H,12,13)(H,14,15). The highest BCUT2D eigenvalue weighted by Crippen LogP contribution is 2.20. The monoisotopic (exact) mass is 228 g/mol. The summed E-state index contributed by atoms with van der Waals surface area (Å²) in [5, 5.41) is 17.7. The highest BCUT2D eigenvalue weighted by Gasteiger charge is 2.18. The Hall–Kier alpha value is -1.55. The van der Waals surface area contributed by atoms with Gasteiger partial charge in [-0.2, -0.15) is 0 Å². The number of aromatic carboxylic acids is 2. The Morgan fingerprint density at radius 3 is 2.27 bits per heavy atom. The van der Waals surface area contributed by atoms with Crippen LogP contribution < -0.4 is 0 Å². The molecule has 2 N–H and O–H groups in total. The normalized spacial score (nSPS) is 10.0. The van der Waals surface area contributed by atoms with Crippen LogP contribution in [0.15, 0.2) is 12.1 Å². The quantitative estimate of drug-likeness (QED) is 0.778. The summed E-state index contributed by atoms with van der Waals surface area (Å²) in [6.07, 6.45) is 0. The van der Waals surface area contributed by atoms with Crippen LogP contribution in [0.1, 0.15) is 31.8 Å². The minimum Gasteiger partial charge on any atom is -0.478 e. The van der Waals surface area contributed by atoms with Crippen molar-refractivity contribution in [3.8, 4) is 0 Å². The molecule has 1 aromatic rings. The molecule has 15 heavy (non-hydrogen) atoms. The number of benzene rings is 1. The van der Waals surface area contributed by atoms with Gasteiger partial charge in [0.25, 0.3) is 0 Å². The van der Waals surface area contributed by atoms with E-state index in [1.54, 1.807) is 0 Å². The predicted octanol–water partition coefficient (Wildman–Crippen LogP) is 2.13. The van der Waals surface area contributed by atoms with Crippen molar-refractivity contribution in [3.05, 3.63) is 34.4 Å². The first-order valence-electron chi connectivity index (χ1n) is 4.14. The molecule has 0 saturated heterocycles. The molecule has 0 radical (unpaired) electrons. The average molecular weight is 229 g/mol. The van der Waals surface area contributed by atoms with Crippen molar-refractivity contribution in [2.75, 3.05) is 0 Å². The first-order valence-corrected chi connectivity index (χ1v) is 4.67. The van der Waals surface area contributed by atoms with Crippen molar-refractivity contribution >= 4 is 23.5 Å². The Bertz CT molecular complexity index is 426. The zero-order valence-corrected chi connectivity index (χ0v) is 8.71. The van der Waals surface area contributed by atoms with Gasteiger partial charge in [-0.05, 0) is 24.1 Å². The number of alkyl halides is 1. The summed E-state index contributed by atoms with van der Waals surface area (Å²) < 4.78 is 0. The Kier molecular flexibility index (Phi) is 3.31. The van der Waals surface area contributed by atoms with Crippen LogP contribution in [0.4, 0.5) is 0 Å². The van der Waals surface area contributed by atoms with Crippen LogP contribution >= 0.6 is 11.6 Å². The van der Waals surface area contributed by atoms with Gasteiger partial charge in [0.05, 0.1) is 11.1 Å². The second-order valence-electron chi connectivity index (χ2n) is 3.02. The number of hydrogen-bond donors (Lipinski definition) is 2. The van der Waals surface area contributed by atoms with Crippen LogP contribution in [0.2, 0.25) is 0 Å². The highest BCUT2D eigenvalue weighted by atomic mass is 35.5. The van der Waals surface area contributed by atoms with Gasteiger partial charge in [-0.1, -0.05) is 6.07 Å². The molecule has 0 aliphatic carbocycles. The Balaban J connectivity index is 3.49. The van der Waals surface area contributed by atoms with E-state index in [2.05, 4.69) is 0 Å². The van der Waals surface area contributed by atoms with Crippen LogP contribution in [-0.2, 0) is 5.88 Å². The molecule has 0 aromatic heterocycles. The molecule has 80 valence electrons. The minimum absolute atomic E-state index is 0.0127. The third kappa shape index (κ3) is 2.10. The maximum atomic E-state index is 10.9. The second-order valence-corrected chi connectivity index (χ2v) is 3.28. The molecule has 1 rings (SSSR count). The summed E-state index contributed by atoms with van der Waals surface area (Å²) in [7, 11) is 0. The predicted molar refractivity (Wildman–Crippen MR) is 54.7 cm³/mol. The van der Waals surface area contributed by atoms with Crippen molar-refractivity contribution in [1.29, 1.82) is 0 Å². The number of carboxylic acids is 2. The van der Waals surface area contributed by atoms with Gasteiger partial charge in [0.15, 0.2) is 0 Å². The molecule has 0 fully saturated rings. The Labute approximate surface area is 91.1 Å². The molecule has 0 atom stereocenters. The van der Waals surface area contributed by atoms with E-state index in [0.29, 0.717) is 5.56 Å². The number of hydrogen-bond acceptors (Lipinski definition) is 2. The van der Waals surface area contributed by atoms with Gasteiger partial charge >= 0.3 is 11.9 Å². The zero-order chi connectivity index (χ0) is 11.6. The molecule has 0 saturated carbocycles. The van der Waals surface area contributed by atoms with Crippen molar-refractivity contribution in [2.45, 2.75) is 12.8 Å². The lowest BCUT2D eigenvalue weighted by atomic mass is 9.98. The summed E-state index contributed by atoms with van der Waals surface area (Å²) in [6.45, 7) is 1.46. The summed E-state index contributed by atoms with van der Waals surface area (Å²) in [6, 6.07) is 2.79. The molecule has 0 aliphatic rings. The first kappa shape index (κ1) is 11.5. The number of carbonyl (C=O) groups is 2. The third-order valence-electron chi connectivity index (χ3n) is 2.14. The molecule has 4 nitrogen and oxygen atoms in total. The third-order valence-corrected chi connectivity index (χ3v) is 2.43. The van der Waals surface area contributed by atoms with Gasteiger partial charge in [-0.15, -0.1) is 11.6 Å². The molecule has 0 aliphatic heterocycles. The molecule has 5 heteroatoms. The fraction of sp³-hybridized carbons (Fsp3) is 0.200. The summed E-state index contributed by atoms with van der Waals surface area (Å²) in [5.74, 6) is -2.26. The van der Waals surface area contributed by atoms with Gasteiger partial charge in [0.2, 0.25) is 0 Å². The van der Waals surface area contributed by atoms with E-state index in [4.69, 9.17) is 21.8 Å². The highest BCUT2D eigenvalue weighted by molar-refractivity contribution is 6.17. The number of carboxylic acid groups (broad SMARTS) is 2. The van der Waals surface area contributed by atoms with Crippen LogP contribution in [-0.4, -0.2) is 22.2 Å². The lowest BCUT2D eigenvalue weighted by Gasteiger charge is -2.08. The number of rotatable bonds is 3. The molecule has 0 amide bonds. The van der Waals surface area contributed by atoms with Gasteiger partial charge in [-0.25, -0.2) is 9.59 Å². The molecule has 1 aromatic carbocycles. The fourth-order valence-corrected chi connectivity index (χ4v) is 1.63. The first-order chi connectivity index (χ1) is 6.99. The zero-order valence-electron chi connectivity index (χ0n) is 7.95. The SMILES string of the molecule is Cc1c(C(=O)O)ccc(CCl)c1C(=O)O. The van der Waals surface area contributed by atoms with Crippen molar-refractivity contribution in [2.24, 2.45) is 0 Å². The second kappa shape index (κ2) is 4.31. The van der Waals surface area contributed by atoms with Crippen LogP contribution in [0.25, 0.3) is 0 Å². The number of halogens is 1. The lowest BCUT2D eigenvalue weighted by molar-refractivity contribution is 0.0695. The Morgan fingerprint density at radius 1 is 1.27 bits per heavy atom. The summed E-state index contributed by atoms with van der Waals surface area (Å²) in [4.78, 5) is 21.7. The molecular formula is C10H9ClO4. The maximum Gasteiger partial charge on any atom is 0.336 e. The maximum absolute atomic E-state index is 10.9. The van der Waals surface area contributed by atoms with E-state index >= 15 is 0 Å².